The second kappa shape index (κ2) is 4.41. The molecule has 0 saturated heterocycles. The molecule has 0 fully saturated rings. The van der Waals surface area contributed by atoms with Gasteiger partial charge in [0.15, 0.2) is 5.82 Å². The summed E-state index contributed by atoms with van der Waals surface area (Å²) >= 11 is 5.80. The number of halogens is 1. The van der Waals surface area contributed by atoms with Crippen LogP contribution in [-0.2, 0) is 5.88 Å². The van der Waals surface area contributed by atoms with E-state index in [1.807, 2.05) is 43.5 Å². The summed E-state index contributed by atoms with van der Waals surface area (Å²) in [5.41, 5.74) is 2.94. The molecular formula is C12H11ClN2. The van der Waals surface area contributed by atoms with Crippen molar-refractivity contribution in [1.29, 1.82) is 0 Å². The van der Waals surface area contributed by atoms with Crippen molar-refractivity contribution in [2.75, 3.05) is 0 Å². The molecule has 0 aliphatic heterocycles. The smallest absolute Gasteiger partial charge is 0.159 e. The second-order valence-corrected chi connectivity index (χ2v) is 3.59. The Morgan fingerprint density at radius 2 is 1.93 bits per heavy atom. The minimum atomic E-state index is 0.425. The van der Waals surface area contributed by atoms with E-state index in [0.29, 0.717) is 5.88 Å². The highest BCUT2D eigenvalue weighted by atomic mass is 35.5. The van der Waals surface area contributed by atoms with Crippen molar-refractivity contribution >= 4 is 11.6 Å². The summed E-state index contributed by atoms with van der Waals surface area (Å²) in [6, 6.07) is 9.89. The average molecular weight is 219 g/mol. The SMILES string of the molecule is Cc1cnc(-c2ccccc2)nc1CCl. The van der Waals surface area contributed by atoms with Gasteiger partial charge in [0.05, 0.1) is 11.6 Å². The largest absolute Gasteiger partial charge is 0.236 e. The Morgan fingerprint density at radius 1 is 1.20 bits per heavy atom. The van der Waals surface area contributed by atoms with Crippen molar-refractivity contribution in [3.8, 4) is 11.4 Å². The molecule has 0 radical (unpaired) electrons. The van der Waals surface area contributed by atoms with Gasteiger partial charge < -0.3 is 0 Å². The Labute approximate surface area is 94.0 Å². The summed E-state index contributed by atoms with van der Waals surface area (Å²) in [5, 5.41) is 0. The van der Waals surface area contributed by atoms with Gasteiger partial charge in [0.25, 0.3) is 0 Å². The molecule has 0 aliphatic rings. The Kier molecular flexibility index (Phi) is 2.97. The third-order valence-corrected chi connectivity index (χ3v) is 2.49. The number of benzene rings is 1. The van der Waals surface area contributed by atoms with Gasteiger partial charge in [-0.05, 0) is 12.5 Å². The normalized spacial score (nSPS) is 10.3. The van der Waals surface area contributed by atoms with Gasteiger partial charge in [0.2, 0.25) is 0 Å². The number of alkyl halides is 1. The Hall–Kier alpha value is -1.41. The number of rotatable bonds is 2. The van der Waals surface area contributed by atoms with Crippen LogP contribution in [0.25, 0.3) is 11.4 Å². The molecule has 0 spiro atoms. The highest BCUT2D eigenvalue weighted by molar-refractivity contribution is 6.17. The second-order valence-electron chi connectivity index (χ2n) is 3.32. The minimum absolute atomic E-state index is 0.425. The van der Waals surface area contributed by atoms with Crippen molar-refractivity contribution in [2.24, 2.45) is 0 Å². The molecule has 0 unspecified atom stereocenters. The van der Waals surface area contributed by atoms with Crippen molar-refractivity contribution in [3.05, 3.63) is 47.8 Å². The van der Waals surface area contributed by atoms with E-state index in [-0.39, 0.29) is 0 Å². The molecule has 0 aliphatic carbocycles. The molecule has 0 saturated carbocycles. The summed E-state index contributed by atoms with van der Waals surface area (Å²) in [4.78, 5) is 8.71. The number of hydrogen-bond acceptors (Lipinski definition) is 2. The molecule has 0 amide bonds. The maximum atomic E-state index is 5.80. The molecule has 1 aromatic carbocycles. The van der Waals surface area contributed by atoms with Crippen LogP contribution in [0.4, 0.5) is 0 Å². The summed E-state index contributed by atoms with van der Waals surface area (Å²) in [6.07, 6.45) is 1.81. The van der Waals surface area contributed by atoms with Gasteiger partial charge in [0, 0.05) is 11.8 Å². The molecule has 0 bridgehead atoms. The quantitative estimate of drug-likeness (QED) is 0.724. The number of nitrogens with zero attached hydrogens (tertiary/aromatic N) is 2. The molecule has 2 rings (SSSR count). The van der Waals surface area contributed by atoms with Gasteiger partial charge >= 0.3 is 0 Å². The van der Waals surface area contributed by atoms with Gasteiger partial charge in [0.1, 0.15) is 0 Å². The fourth-order valence-corrected chi connectivity index (χ4v) is 1.61. The van der Waals surface area contributed by atoms with Crippen LogP contribution in [0, 0.1) is 6.92 Å². The van der Waals surface area contributed by atoms with Crippen LogP contribution in [0.2, 0.25) is 0 Å². The Morgan fingerprint density at radius 3 is 2.60 bits per heavy atom. The van der Waals surface area contributed by atoms with Crippen LogP contribution in [0.15, 0.2) is 36.5 Å². The van der Waals surface area contributed by atoms with E-state index in [4.69, 9.17) is 11.6 Å². The predicted molar refractivity (Wildman–Crippen MR) is 61.8 cm³/mol. The maximum absolute atomic E-state index is 5.80. The Balaban J connectivity index is 2.46. The van der Waals surface area contributed by atoms with Crippen LogP contribution in [0.1, 0.15) is 11.3 Å². The summed E-state index contributed by atoms with van der Waals surface area (Å²) in [7, 11) is 0. The van der Waals surface area contributed by atoms with Gasteiger partial charge in [-0.2, -0.15) is 0 Å². The average Bonchev–Trinajstić information content (AvgIpc) is 2.31. The van der Waals surface area contributed by atoms with Crippen molar-refractivity contribution in [3.63, 3.8) is 0 Å². The number of hydrogen-bond donors (Lipinski definition) is 0. The molecular weight excluding hydrogens is 208 g/mol. The zero-order valence-corrected chi connectivity index (χ0v) is 9.20. The standard InChI is InChI=1S/C12H11ClN2/c1-9-8-14-12(15-11(9)7-13)10-5-3-2-4-6-10/h2-6,8H,7H2,1H3. The highest BCUT2D eigenvalue weighted by Crippen LogP contribution is 2.16. The lowest BCUT2D eigenvalue weighted by Gasteiger charge is -2.04. The molecule has 15 heavy (non-hydrogen) atoms. The Bertz CT molecular complexity index is 454. The molecule has 2 nitrogen and oxygen atoms in total. The predicted octanol–water partition coefficient (Wildman–Crippen LogP) is 3.19. The first-order valence-electron chi connectivity index (χ1n) is 4.75. The molecule has 0 atom stereocenters. The zero-order valence-electron chi connectivity index (χ0n) is 8.44. The van der Waals surface area contributed by atoms with Crippen LogP contribution in [0.3, 0.4) is 0 Å². The topological polar surface area (TPSA) is 25.8 Å². The summed E-state index contributed by atoms with van der Waals surface area (Å²) in [5.74, 6) is 1.16. The van der Waals surface area contributed by atoms with E-state index in [9.17, 15) is 0 Å². The maximum Gasteiger partial charge on any atom is 0.159 e. The lowest BCUT2D eigenvalue weighted by molar-refractivity contribution is 1.05. The fraction of sp³-hybridized carbons (Fsp3) is 0.167. The lowest BCUT2D eigenvalue weighted by Crippen LogP contribution is -1.96. The van der Waals surface area contributed by atoms with E-state index in [1.165, 1.54) is 0 Å². The first-order chi connectivity index (χ1) is 7.31. The third-order valence-electron chi connectivity index (χ3n) is 2.24. The van der Waals surface area contributed by atoms with Gasteiger partial charge in [-0.15, -0.1) is 11.6 Å². The van der Waals surface area contributed by atoms with E-state index in [2.05, 4.69) is 9.97 Å². The van der Waals surface area contributed by atoms with Crippen LogP contribution in [0.5, 0.6) is 0 Å². The third kappa shape index (κ3) is 2.16. The lowest BCUT2D eigenvalue weighted by atomic mass is 10.2. The van der Waals surface area contributed by atoms with Crippen molar-refractivity contribution in [2.45, 2.75) is 12.8 Å². The summed E-state index contributed by atoms with van der Waals surface area (Å²) in [6.45, 7) is 1.96. The monoisotopic (exact) mass is 218 g/mol. The van der Waals surface area contributed by atoms with E-state index < -0.39 is 0 Å². The molecule has 1 heterocycles. The molecule has 0 N–H and O–H groups in total. The fourth-order valence-electron chi connectivity index (χ4n) is 1.34. The van der Waals surface area contributed by atoms with Crippen LogP contribution >= 0.6 is 11.6 Å². The molecule has 76 valence electrons. The minimum Gasteiger partial charge on any atom is -0.236 e. The molecule has 1 aromatic heterocycles. The van der Waals surface area contributed by atoms with E-state index >= 15 is 0 Å². The van der Waals surface area contributed by atoms with Crippen molar-refractivity contribution < 1.29 is 0 Å². The highest BCUT2D eigenvalue weighted by Gasteiger charge is 2.04. The molecule has 2 aromatic rings. The van der Waals surface area contributed by atoms with E-state index in [0.717, 1.165) is 22.6 Å². The van der Waals surface area contributed by atoms with Crippen LogP contribution < -0.4 is 0 Å². The van der Waals surface area contributed by atoms with Crippen molar-refractivity contribution in [1.82, 2.24) is 9.97 Å². The van der Waals surface area contributed by atoms with E-state index in [1.54, 1.807) is 0 Å². The van der Waals surface area contributed by atoms with Crippen LogP contribution in [-0.4, -0.2) is 9.97 Å². The zero-order chi connectivity index (χ0) is 10.7. The summed E-state index contributed by atoms with van der Waals surface area (Å²) < 4.78 is 0. The van der Waals surface area contributed by atoms with Gasteiger partial charge in [-0.1, -0.05) is 30.3 Å². The molecule has 3 heteroatoms. The number of aromatic nitrogens is 2. The first-order valence-corrected chi connectivity index (χ1v) is 5.28. The van der Waals surface area contributed by atoms with Gasteiger partial charge in [-0.25, -0.2) is 9.97 Å². The van der Waals surface area contributed by atoms with Gasteiger partial charge in [-0.3, -0.25) is 0 Å². The number of aryl methyl sites for hydroxylation is 1. The first kappa shape index (κ1) is 10.1.